The molecule has 3 rings (SSSR count). The number of nitrogens with zero attached hydrogens (tertiary/aromatic N) is 1. The molecule has 27 heavy (non-hydrogen) atoms. The van der Waals surface area contributed by atoms with Crippen LogP contribution in [0.25, 0.3) is 10.9 Å². The van der Waals surface area contributed by atoms with Crippen molar-refractivity contribution in [1.82, 2.24) is 4.57 Å². The molecule has 1 aromatic heterocycles. The zero-order valence-corrected chi connectivity index (χ0v) is 16.3. The maximum atomic E-state index is 11.5. The van der Waals surface area contributed by atoms with Crippen LogP contribution in [0.4, 0.5) is 0 Å². The van der Waals surface area contributed by atoms with Crippen LogP contribution in [0.3, 0.4) is 0 Å². The van der Waals surface area contributed by atoms with Gasteiger partial charge in [-0.2, -0.15) is 0 Å². The van der Waals surface area contributed by atoms with E-state index in [1.165, 1.54) is 16.7 Å². The Morgan fingerprint density at radius 1 is 1.26 bits per heavy atom. The number of aromatic nitrogens is 1. The van der Waals surface area contributed by atoms with Crippen LogP contribution >= 0.6 is 34.8 Å². The second-order valence-electron chi connectivity index (χ2n) is 6.06. The fraction of sp³-hybridized carbons (Fsp3) is 0.412. The predicted molar refractivity (Wildman–Crippen MR) is 99.5 cm³/mol. The van der Waals surface area contributed by atoms with Gasteiger partial charge in [-0.05, 0) is 12.1 Å². The van der Waals surface area contributed by atoms with Crippen molar-refractivity contribution in [2.24, 2.45) is 0 Å². The molecule has 0 bridgehead atoms. The van der Waals surface area contributed by atoms with E-state index >= 15 is 0 Å². The number of aliphatic hydroxyl groups is 2. The fourth-order valence-electron chi connectivity index (χ4n) is 3.02. The van der Waals surface area contributed by atoms with Crippen LogP contribution < -0.4 is 0 Å². The number of carbonyl (C=O) groups excluding carboxylic acids is 2. The number of benzene rings is 1. The zero-order chi connectivity index (χ0) is 19.9. The molecule has 0 unspecified atom stereocenters. The van der Waals surface area contributed by atoms with Gasteiger partial charge in [-0.3, -0.25) is 9.59 Å². The molecular formula is C17H16Cl3NO6. The smallest absolute Gasteiger partial charge is 0.305 e. The molecule has 4 atom stereocenters. The minimum absolute atomic E-state index is 0.000728. The number of hydrogen-bond acceptors (Lipinski definition) is 6. The van der Waals surface area contributed by atoms with E-state index in [0.717, 1.165) is 0 Å². The first-order valence-electron chi connectivity index (χ1n) is 8.11. The van der Waals surface area contributed by atoms with Crippen LogP contribution in [0, 0.1) is 0 Å². The van der Waals surface area contributed by atoms with Gasteiger partial charge in [0.2, 0.25) is 0 Å². The maximum Gasteiger partial charge on any atom is 0.305 e. The van der Waals surface area contributed by atoms with Crippen molar-refractivity contribution in [2.45, 2.75) is 37.9 Å². The van der Waals surface area contributed by atoms with Crippen molar-refractivity contribution in [2.75, 3.05) is 6.61 Å². The average molecular weight is 437 g/mol. The second kappa shape index (κ2) is 7.95. The Balaban J connectivity index is 2.02. The summed E-state index contributed by atoms with van der Waals surface area (Å²) in [5.41, 5.74) is 0.551. The van der Waals surface area contributed by atoms with Gasteiger partial charge in [0.1, 0.15) is 30.1 Å². The summed E-state index contributed by atoms with van der Waals surface area (Å²) >= 11 is 18.4. The Labute approximate surface area is 169 Å². The van der Waals surface area contributed by atoms with Crippen molar-refractivity contribution in [3.05, 3.63) is 32.9 Å². The van der Waals surface area contributed by atoms with Crippen molar-refractivity contribution >= 4 is 58.0 Å². The molecule has 2 N–H and O–H groups in total. The molecule has 0 saturated carbocycles. The number of fused-ring (bicyclic) bond motifs is 1. The molecule has 146 valence electrons. The van der Waals surface area contributed by atoms with E-state index in [4.69, 9.17) is 44.3 Å². The molecule has 1 aliphatic heterocycles. The predicted octanol–water partition coefficient (Wildman–Crippen LogP) is 2.99. The Morgan fingerprint density at radius 3 is 2.56 bits per heavy atom. The second-order valence-corrected chi connectivity index (χ2v) is 7.23. The number of ether oxygens (including phenoxy) is 2. The number of aliphatic hydroxyl groups excluding tert-OH is 2. The van der Waals surface area contributed by atoms with Crippen LogP contribution in [-0.4, -0.2) is 52.0 Å². The van der Waals surface area contributed by atoms with E-state index < -0.39 is 30.5 Å². The number of rotatable bonds is 5. The molecule has 1 fully saturated rings. The fourth-order valence-corrected chi connectivity index (χ4v) is 3.67. The summed E-state index contributed by atoms with van der Waals surface area (Å²) < 4.78 is 12.0. The summed E-state index contributed by atoms with van der Waals surface area (Å²) in [6.45, 7) is 1.40. The summed E-state index contributed by atoms with van der Waals surface area (Å²) in [4.78, 5) is 22.8. The van der Waals surface area contributed by atoms with Crippen LogP contribution in [0.15, 0.2) is 12.1 Å². The molecular weight excluding hydrogens is 421 g/mol. The van der Waals surface area contributed by atoms with E-state index in [0.29, 0.717) is 17.2 Å². The highest BCUT2D eigenvalue weighted by Gasteiger charge is 2.45. The molecule has 0 aliphatic carbocycles. The molecule has 2 heterocycles. The standard InChI is InChI=1S/C17H16Cl3NO6/c1-2-13(23)26-6-12-14(24)15(25)17(27-12)21-11-4-10(19)9(18)3-7(11)8(5-22)16(21)20/h3-5,12,14-15,17,24-25H,2,6H2,1H3/t12-,14-,15-,17-/m1/s1. The van der Waals surface area contributed by atoms with E-state index in [1.54, 1.807) is 6.92 Å². The van der Waals surface area contributed by atoms with Crippen LogP contribution in [-0.2, 0) is 14.3 Å². The largest absolute Gasteiger partial charge is 0.463 e. The van der Waals surface area contributed by atoms with Crippen molar-refractivity contribution < 1.29 is 29.3 Å². The first-order chi connectivity index (χ1) is 12.8. The van der Waals surface area contributed by atoms with Gasteiger partial charge in [0.05, 0.1) is 21.1 Å². The summed E-state index contributed by atoms with van der Waals surface area (Å²) in [6, 6.07) is 2.98. The van der Waals surface area contributed by atoms with Gasteiger partial charge >= 0.3 is 5.97 Å². The highest BCUT2D eigenvalue weighted by molar-refractivity contribution is 6.43. The quantitative estimate of drug-likeness (QED) is 0.552. The number of esters is 1. The summed E-state index contributed by atoms with van der Waals surface area (Å²) in [7, 11) is 0. The topological polar surface area (TPSA) is 98.0 Å². The lowest BCUT2D eigenvalue weighted by Gasteiger charge is -2.19. The molecule has 0 amide bonds. The Morgan fingerprint density at radius 2 is 1.93 bits per heavy atom. The third-order valence-corrected chi connectivity index (χ3v) is 5.54. The van der Waals surface area contributed by atoms with Crippen molar-refractivity contribution in [3.8, 4) is 0 Å². The molecule has 1 aromatic carbocycles. The van der Waals surface area contributed by atoms with Crippen LogP contribution in [0.1, 0.15) is 29.9 Å². The molecule has 2 aromatic rings. The average Bonchev–Trinajstić information content (AvgIpc) is 3.06. The van der Waals surface area contributed by atoms with Crippen LogP contribution in [0.5, 0.6) is 0 Å². The number of halogens is 3. The third kappa shape index (κ3) is 3.55. The molecule has 7 nitrogen and oxygen atoms in total. The molecule has 0 radical (unpaired) electrons. The lowest BCUT2D eigenvalue weighted by molar-refractivity contribution is -0.149. The monoisotopic (exact) mass is 435 g/mol. The minimum Gasteiger partial charge on any atom is -0.463 e. The van der Waals surface area contributed by atoms with Gasteiger partial charge in [0, 0.05) is 11.8 Å². The van der Waals surface area contributed by atoms with E-state index in [-0.39, 0.29) is 33.8 Å². The van der Waals surface area contributed by atoms with Gasteiger partial charge in [0.15, 0.2) is 12.5 Å². The lowest BCUT2D eigenvalue weighted by Crippen LogP contribution is -2.34. The Bertz CT molecular complexity index is 899. The van der Waals surface area contributed by atoms with E-state index in [9.17, 15) is 19.8 Å². The Hall–Kier alpha value is -1.35. The first-order valence-corrected chi connectivity index (χ1v) is 9.24. The van der Waals surface area contributed by atoms with Crippen molar-refractivity contribution in [1.29, 1.82) is 0 Å². The van der Waals surface area contributed by atoms with Crippen LogP contribution in [0.2, 0.25) is 15.2 Å². The summed E-state index contributed by atoms with van der Waals surface area (Å²) in [6.07, 6.45) is -4.05. The number of carbonyl (C=O) groups is 2. The SMILES string of the molecule is CCC(=O)OC[C@H]1O[C@@H](n2c(Cl)c(C=O)c3cc(Cl)c(Cl)cc32)[C@H](O)[C@@H]1O. The van der Waals surface area contributed by atoms with Gasteiger partial charge < -0.3 is 24.3 Å². The molecule has 1 saturated heterocycles. The van der Waals surface area contributed by atoms with Gasteiger partial charge in [0.25, 0.3) is 0 Å². The highest BCUT2D eigenvalue weighted by atomic mass is 35.5. The molecule has 10 heteroatoms. The normalized spacial score (nSPS) is 25.1. The minimum atomic E-state index is -1.38. The van der Waals surface area contributed by atoms with Gasteiger partial charge in [-0.1, -0.05) is 41.7 Å². The highest BCUT2D eigenvalue weighted by Crippen LogP contribution is 2.40. The number of hydrogen-bond donors (Lipinski definition) is 2. The van der Waals surface area contributed by atoms with Crippen molar-refractivity contribution in [3.63, 3.8) is 0 Å². The maximum absolute atomic E-state index is 11.5. The van der Waals surface area contributed by atoms with E-state index in [1.807, 2.05) is 0 Å². The van der Waals surface area contributed by atoms with Gasteiger partial charge in [-0.15, -0.1) is 0 Å². The van der Waals surface area contributed by atoms with Gasteiger partial charge in [-0.25, -0.2) is 0 Å². The Kier molecular flexibility index (Phi) is 6.00. The molecule has 1 aliphatic rings. The molecule has 0 spiro atoms. The first kappa shape index (κ1) is 20.4. The summed E-state index contributed by atoms with van der Waals surface area (Å²) in [5, 5.41) is 21.6. The lowest BCUT2D eigenvalue weighted by atomic mass is 10.1. The summed E-state index contributed by atoms with van der Waals surface area (Å²) in [5.74, 6) is -0.460. The zero-order valence-electron chi connectivity index (χ0n) is 14.1. The number of aldehydes is 1. The van der Waals surface area contributed by atoms with E-state index in [2.05, 4.69) is 0 Å². The third-order valence-electron chi connectivity index (χ3n) is 4.43.